The van der Waals surface area contributed by atoms with E-state index in [-0.39, 0.29) is 0 Å². The average Bonchev–Trinajstić information content (AvgIpc) is 2.37. The Kier molecular flexibility index (Phi) is 3.99. The normalized spacial score (nSPS) is 10.2. The molecule has 0 aliphatic heterocycles. The van der Waals surface area contributed by atoms with Crippen LogP contribution in [0.4, 0.5) is 11.6 Å². The highest BCUT2D eigenvalue weighted by Crippen LogP contribution is 2.13. The Balaban J connectivity index is 1.98. The zero-order valence-electron chi connectivity index (χ0n) is 10.4. The van der Waals surface area contributed by atoms with E-state index in [1.54, 1.807) is 12.4 Å². The zero-order chi connectivity index (χ0) is 13.0. The Labute approximate surface area is 112 Å². The minimum atomic E-state index is 0.698. The number of benzene rings is 1. The summed E-state index contributed by atoms with van der Waals surface area (Å²) in [6, 6.07) is 7.75. The van der Waals surface area contributed by atoms with E-state index >= 15 is 0 Å². The zero-order valence-corrected chi connectivity index (χ0v) is 11.1. The summed E-state index contributed by atoms with van der Waals surface area (Å²) in [6.07, 6.45) is 3.54. The van der Waals surface area contributed by atoms with Crippen LogP contribution in [0.1, 0.15) is 5.56 Å². The molecule has 1 aromatic heterocycles. The molecule has 0 aliphatic carbocycles. The van der Waals surface area contributed by atoms with Crippen LogP contribution in [0.15, 0.2) is 36.7 Å². The fraction of sp³-hybridized carbons (Fsp3) is 0.231. The molecule has 0 spiro atoms. The molecule has 0 unspecified atom stereocenters. The maximum atomic E-state index is 5.92. The Morgan fingerprint density at radius 1 is 1.22 bits per heavy atom. The van der Waals surface area contributed by atoms with Crippen molar-refractivity contribution in [3.8, 4) is 0 Å². The molecule has 94 valence electrons. The summed E-state index contributed by atoms with van der Waals surface area (Å²) in [4.78, 5) is 10.3. The van der Waals surface area contributed by atoms with Gasteiger partial charge in [0.25, 0.3) is 0 Å². The first-order valence-electron chi connectivity index (χ1n) is 5.63. The molecule has 2 rings (SSSR count). The second-order valence-corrected chi connectivity index (χ2v) is 4.59. The molecule has 0 aliphatic rings. The van der Waals surface area contributed by atoms with Crippen molar-refractivity contribution in [1.29, 1.82) is 0 Å². The fourth-order valence-corrected chi connectivity index (χ4v) is 1.71. The van der Waals surface area contributed by atoms with Crippen molar-refractivity contribution >= 4 is 23.2 Å². The van der Waals surface area contributed by atoms with Gasteiger partial charge in [0, 0.05) is 25.7 Å². The highest BCUT2D eigenvalue weighted by molar-refractivity contribution is 6.30. The third-order valence-corrected chi connectivity index (χ3v) is 2.66. The molecule has 0 saturated heterocycles. The number of nitrogens with one attached hydrogen (secondary N) is 1. The van der Waals surface area contributed by atoms with Crippen molar-refractivity contribution in [2.45, 2.75) is 6.54 Å². The summed E-state index contributed by atoms with van der Waals surface area (Å²) < 4.78 is 0. The van der Waals surface area contributed by atoms with Gasteiger partial charge in [-0.1, -0.05) is 23.7 Å². The second-order valence-electron chi connectivity index (χ2n) is 4.15. The molecule has 0 fully saturated rings. The number of anilines is 2. The van der Waals surface area contributed by atoms with Gasteiger partial charge in [-0.2, -0.15) is 0 Å². The molecular formula is C13H15ClN4. The molecule has 0 saturated carbocycles. The van der Waals surface area contributed by atoms with Crippen LogP contribution in [0.5, 0.6) is 0 Å². The monoisotopic (exact) mass is 262 g/mol. The highest BCUT2D eigenvalue weighted by Gasteiger charge is 1.99. The predicted octanol–water partition coefficient (Wildman–Crippen LogP) is 2.81. The first-order valence-corrected chi connectivity index (χ1v) is 6.00. The van der Waals surface area contributed by atoms with E-state index < -0.39 is 0 Å². The third-order valence-electron chi connectivity index (χ3n) is 2.42. The highest BCUT2D eigenvalue weighted by atomic mass is 35.5. The van der Waals surface area contributed by atoms with Crippen molar-refractivity contribution in [3.05, 3.63) is 47.2 Å². The maximum Gasteiger partial charge on any atom is 0.224 e. The van der Waals surface area contributed by atoms with Crippen molar-refractivity contribution in [1.82, 2.24) is 9.97 Å². The second kappa shape index (κ2) is 5.69. The van der Waals surface area contributed by atoms with Crippen LogP contribution in [0.2, 0.25) is 5.02 Å². The molecule has 0 radical (unpaired) electrons. The SMILES string of the molecule is CN(C)c1ncc(NCc2cccc(Cl)c2)cn1. The Bertz CT molecular complexity index is 511. The lowest BCUT2D eigenvalue weighted by Gasteiger charge is -2.10. The standard InChI is InChI=1S/C13H15ClN4/c1-18(2)13-16-8-12(9-17-13)15-7-10-4-3-5-11(14)6-10/h3-6,8-9,15H,7H2,1-2H3. The van der Waals surface area contributed by atoms with Crippen LogP contribution in [-0.2, 0) is 6.54 Å². The van der Waals surface area contributed by atoms with Crippen LogP contribution in [0.25, 0.3) is 0 Å². The fourth-order valence-electron chi connectivity index (χ4n) is 1.49. The van der Waals surface area contributed by atoms with E-state index in [0.29, 0.717) is 12.5 Å². The minimum absolute atomic E-state index is 0.698. The number of hydrogen-bond donors (Lipinski definition) is 1. The van der Waals surface area contributed by atoms with Gasteiger partial charge in [-0.15, -0.1) is 0 Å². The Hall–Kier alpha value is -1.81. The van der Waals surface area contributed by atoms with E-state index in [2.05, 4.69) is 15.3 Å². The smallest absolute Gasteiger partial charge is 0.224 e. The lowest BCUT2D eigenvalue weighted by Crippen LogP contribution is -2.12. The molecule has 0 amide bonds. The lowest BCUT2D eigenvalue weighted by atomic mass is 10.2. The summed E-state index contributed by atoms with van der Waals surface area (Å²) in [6.45, 7) is 0.700. The summed E-state index contributed by atoms with van der Waals surface area (Å²) >= 11 is 5.92. The molecule has 5 heteroatoms. The van der Waals surface area contributed by atoms with Gasteiger partial charge in [0.2, 0.25) is 5.95 Å². The van der Waals surface area contributed by atoms with Gasteiger partial charge in [-0.05, 0) is 17.7 Å². The number of halogens is 1. The van der Waals surface area contributed by atoms with Gasteiger partial charge < -0.3 is 10.2 Å². The summed E-state index contributed by atoms with van der Waals surface area (Å²) in [7, 11) is 3.82. The van der Waals surface area contributed by atoms with Gasteiger partial charge in [0.15, 0.2) is 0 Å². The van der Waals surface area contributed by atoms with E-state index in [1.165, 1.54) is 0 Å². The van der Waals surface area contributed by atoms with Crippen molar-refractivity contribution < 1.29 is 0 Å². The first kappa shape index (κ1) is 12.6. The molecule has 0 atom stereocenters. The van der Waals surface area contributed by atoms with Crippen molar-refractivity contribution in [2.24, 2.45) is 0 Å². The molecule has 1 heterocycles. The summed E-state index contributed by atoms with van der Waals surface area (Å²) in [5.74, 6) is 0.698. The topological polar surface area (TPSA) is 41.1 Å². The number of aromatic nitrogens is 2. The summed E-state index contributed by atoms with van der Waals surface area (Å²) in [5, 5.41) is 4.00. The van der Waals surface area contributed by atoms with Crippen molar-refractivity contribution in [2.75, 3.05) is 24.3 Å². The largest absolute Gasteiger partial charge is 0.378 e. The van der Waals surface area contributed by atoms with Crippen LogP contribution in [0, 0.1) is 0 Å². The molecule has 4 nitrogen and oxygen atoms in total. The van der Waals surface area contributed by atoms with E-state index in [9.17, 15) is 0 Å². The van der Waals surface area contributed by atoms with E-state index in [0.717, 1.165) is 16.3 Å². The molecule has 2 aromatic rings. The third kappa shape index (κ3) is 3.34. The molecule has 1 aromatic carbocycles. The van der Waals surface area contributed by atoms with Gasteiger partial charge in [-0.3, -0.25) is 0 Å². The predicted molar refractivity (Wildman–Crippen MR) is 75.1 cm³/mol. The molecule has 18 heavy (non-hydrogen) atoms. The molecular weight excluding hydrogens is 248 g/mol. The van der Waals surface area contributed by atoms with Crippen LogP contribution < -0.4 is 10.2 Å². The van der Waals surface area contributed by atoms with Crippen molar-refractivity contribution in [3.63, 3.8) is 0 Å². The van der Waals surface area contributed by atoms with Crippen LogP contribution in [-0.4, -0.2) is 24.1 Å². The summed E-state index contributed by atoms with van der Waals surface area (Å²) in [5.41, 5.74) is 2.01. The van der Waals surface area contributed by atoms with Crippen LogP contribution in [0.3, 0.4) is 0 Å². The Morgan fingerprint density at radius 3 is 2.56 bits per heavy atom. The molecule has 0 bridgehead atoms. The number of hydrogen-bond acceptors (Lipinski definition) is 4. The van der Waals surface area contributed by atoms with Gasteiger partial charge in [0.05, 0.1) is 18.1 Å². The number of nitrogens with zero attached hydrogens (tertiary/aromatic N) is 3. The number of rotatable bonds is 4. The van der Waals surface area contributed by atoms with Gasteiger partial charge in [-0.25, -0.2) is 9.97 Å². The van der Waals surface area contributed by atoms with Gasteiger partial charge in [0.1, 0.15) is 0 Å². The van der Waals surface area contributed by atoms with E-state index in [4.69, 9.17) is 11.6 Å². The quantitative estimate of drug-likeness (QED) is 0.920. The van der Waals surface area contributed by atoms with E-state index in [1.807, 2.05) is 43.3 Å². The first-order chi connectivity index (χ1) is 8.65. The lowest BCUT2D eigenvalue weighted by molar-refractivity contribution is 0.993. The Morgan fingerprint density at radius 2 is 1.94 bits per heavy atom. The maximum absolute atomic E-state index is 5.92. The minimum Gasteiger partial charge on any atom is -0.378 e. The van der Waals surface area contributed by atoms with Gasteiger partial charge >= 0.3 is 0 Å². The average molecular weight is 263 g/mol. The molecule has 1 N–H and O–H groups in total. The van der Waals surface area contributed by atoms with Crippen LogP contribution >= 0.6 is 11.6 Å².